The Morgan fingerprint density at radius 3 is 2.78 bits per heavy atom. The van der Waals surface area contributed by atoms with Gasteiger partial charge in [-0.25, -0.2) is 4.98 Å². The lowest BCUT2D eigenvalue weighted by Crippen LogP contribution is -2.24. The van der Waals surface area contributed by atoms with Crippen molar-refractivity contribution in [2.24, 2.45) is 0 Å². The van der Waals surface area contributed by atoms with E-state index in [9.17, 15) is 4.79 Å². The van der Waals surface area contributed by atoms with Crippen LogP contribution in [0.4, 0.5) is 0 Å². The van der Waals surface area contributed by atoms with Gasteiger partial charge in [0.1, 0.15) is 11.6 Å². The van der Waals surface area contributed by atoms with Crippen LogP contribution in [0.25, 0.3) is 11.0 Å². The van der Waals surface area contributed by atoms with Gasteiger partial charge < -0.3 is 14.6 Å². The number of carbonyl (C=O) groups excluding carboxylic acids is 1. The summed E-state index contributed by atoms with van der Waals surface area (Å²) in [7, 11) is 0. The van der Waals surface area contributed by atoms with Gasteiger partial charge in [0.15, 0.2) is 0 Å². The van der Waals surface area contributed by atoms with Gasteiger partial charge in [-0.2, -0.15) is 0 Å². The van der Waals surface area contributed by atoms with Crippen LogP contribution in [0.15, 0.2) is 54.6 Å². The monoisotopic (exact) mass is 433 g/mol. The number of rotatable bonds is 11. The Hall–Kier alpha value is -3.08. The van der Waals surface area contributed by atoms with E-state index in [2.05, 4.69) is 54.9 Å². The SMILES string of the molecule is C/C=C/C(=O)NCCc1nc2ccccc2n1CCCCOc1cc(C)ccc1C(C)C. The Kier molecular flexibility index (Phi) is 8.48. The highest BCUT2D eigenvalue weighted by atomic mass is 16.5. The lowest BCUT2D eigenvalue weighted by atomic mass is 10.0. The van der Waals surface area contributed by atoms with Crippen LogP contribution in [0.2, 0.25) is 0 Å². The molecule has 0 aliphatic carbocycles. The summed E-state index contributed by atoms with van der Waals surface area (Å²) in [5, 5.41) is 2.92. The quantitative estimate of drug-likeness (QED) is 0.318. The van der Waals surface area contributed by atoms with Crippen molar-refractivity contribution in [2.45, 2.75) is 59.4 Å². The minimum absolute atomic E-state index is 0.0655. The second-order valence-corrected chi connectivity index (χ2v) is 8.46. The van der Waals surface area contributed by atoms with Gasteiger partial charge in [0.2, 0.25) is 5.91 Å². The van der Waals surface area contributed by atoms with E-state index in [4.69, 9.17) is 9.72 Å². The largest absolute Gasteiger partial charge is 0.493 e. The molecule has 3 rings (SSSR count). The van der Waals surface area contributed by atoms with Gasteiger partial charge in [-0.3, -0.25) is 4.79 Å². The first-order valence-electron chi connectivity index (χ1n) is 11.6. The fourth-order valence-corrected chi connectivity index (χ4v) is 3.87. The van der Waals surface area contributed by atoms with Gasteiger partial charge in [0, 0.05) is 19.5 Å². The van der Waals surface area contributed by atoms with E-state index in [1.807, 2.05) is 25.1 Å². The van der Waals surface area contributed by atoms with Crippen LogP contribution in [0.3, 0.4) is 0 Å². The molecule has 32 heavy (non-hydrogen) atoms. The number of benzene rings is 2. The second-order valence-electron chi connectivity index (χ2n) is 8.46. The van der Waals surface area contributed by atoms with Crippen molar-refractivity contribution in [3.8, 4) is 5.75 Å². The maximum atomic E-state index is 11.7. The number of hydrogen-bond acceptors (Lipinski definition) is 3. The van der Waals surface area contributed by atoms with E-state index in [0.717, 1.165) is 42.0 Å². The molecule has 1 aromatic heterocycles. The van der Waals surface area contributed by atoms with Gasteiger partial charge in [-0.1, -0.05) is 44.2 Å². The molecular formula is C27H35N3O2. The topological polar surface area (TPSA) is 56.2 Å². The van der Waals surface area contributed by atoms with E-state index in [1.54, 1.807) is 12.2 Å². The minimum Gasteiger partial charge on any atom is -0.493 e. The molecule has 0 saturated carbocycles. The highest BCUT2D eigenvalue weighted by Crippen LogP contribution is 2.27. The molecule has 0 saturated heterocycles. The smallest absolute Gasteiger partial charge is 0.243 e. The maximum absolute atomic E-state index is 11.7. The van der Waals surface area contributed by atoms with Crippen molar-refractivity contribution in [3.05, 3.63) is 71.6 Å². The summed E-state index contributed by atoms with van der Waals surface area (Å²) >= 11 is 0. The summed E-state index contributed by atoms with van der Waals surface area (Å²) in [5.41, 5.74) is 4.63. The van der Waals surface area contributed by atoms with Crippen molar-refractivity contribution < 1.29 is 9.53 Å². The van der Waals surface area contributed by atoms with Gasteiger partial charge in [-0.15, -0.1) is 0 Å². The first-order chi connectivity index (χ1) is 15.5. The predicted octanol–water partition coefficient (Wildman–Crippen LogP) is 5.56. The summed E-state index contributed by atoms with van der Waals surface area (Å²) in [4.78, 5) is 16.5. The second kappa shape index (κ2) is 11.5. The normalized spacial score (nSPS) is 11.5. The van der Waals surface area contributed by atoms with E-state index < -0.39 is 0 Å². The summed E-state index contributed by atoms with van der Waals surface area (Å²) in [6, 6.07) is 14.7. The molecule has 0 atom stereocenters. The van der Waals surface area contributed by atoms with Crippen LogP contribution >= 0.6 is 0 Å². The molecule has 0 unspecified atom stereocenters. The molecule has 5 heteroatoms. The van der Waals surface area contributed by atoms with Gasteiger partial charge in [0.25, 0.3) is 0 Å². The average molecular weight is 434 g/mol. The Labute approximate surface area is 191 Å². The Morgan fingerprint density at radius 1 is 1.19 bits per heavy atom. The fourth-order valence-electron chi connectivity index (χ4n) is 3.87. The first kappa shape index (κ1) is 23.6. The summed E-state index contributed by atoms with van der Waals surface area (Å²) < 4.78 is 8.43. The number of allylic oxidation sites excluding steroid dienone is 1. The van der Waals surface area contributed by atoms with Crippen molar-refractivity contribution in [3.63, 3.8) is 0 Å². The van der Waals surface area contributed by atoms with Crippen molar-refractivity contribution in [1.29, 1.82) is 0 Å². The third-order valence-corrected chi connectivity index (χ3v) is 5.52. The lowest BCUT2D eigenvalue weighted by Gasteiger charge is -2.15. The van der Waals surface area contributed by atoms with Crippen LogP contribution in [-0.2, 0) is 17.8 Å². The predicted molar refractivity (Wildman–Crippen MR) is 131 cm³/mol. The first-order valence-corrected chi connectivity index (χ1v) is 11.6. The molecule has 2 aromatic carbocycles. The highest BCUT2D eigenvalue weighted by Gasteiger charge is 2.11. The molecule has 3 aromatic rings. The van der Waals surface area contributed by atoms with Crippen LogP contribution in [0.1, 0.15) is 56.5 Å². The number of para-hydroxylation sites is 2. The highest BCUT2D eigenvalue weighted by molar-refractivity contribution is 5.87. The molecular weight excluding hydrogens is 398 g/mol. The van der Waals surface area contributed by atoms with Gasteiger partial charge >= 0.3 is 0 Å². The number of imidazole rings is 1. The Morgan fingerprint density at radius 2 is 2.00 bits per heavy atom. The van der Waals surface area contributed by atoms with E-state index in [-0.39, 0.29) is 5.91 Å². The van der Waals surface area contributed by atoms with Crippen molar-refractivity contribution >= 4 is 16.9 Å². The summed E-state index contributed by atoms with van der Waals surface area (Å²) in [6.45, 7) is 10.5. The number of aromatic nitrogens is 2. The fraction of sp³-hybridized carbons (Fsp3) is 0.407. The van der Waals surface area contributed by atoms with Crippen LogP contribution in [-0.4, -0.2) is 28.6 Å². The van der Waals surface area contributed by atoms with E-state index in [0.29, 0.717) is 25.5 Å². The third-order valence-electron chi connectivity index (χ3n) is 5.52. The summed E-state index contributed by atoms with van der Waals surface area (Å²) in [5.74, 6) is 2.39. The Balaban J connectivity index is 1.59. The number of aryl methyl sites for hydroxylation is 2. The Bertz CT molecular complexity index is 1070. The number of amides is 1. The zero-order valence-corrected chi connectivity index (χ0v) is 19.7. The number of hydrogen-bond donors (Lipinski definition) is 1. The van der Waals surface area contributed by atoms with Crippen molar-refractivity contribution in [1.82, 2.24) is 14.9 Å². The number of unbranched alkanes of at least 4 members (excludes halogenated alkanes) is 1. The number of fused-ring (bicyclic) bond motifs is 1. The molecule has 0 radical (unpaired) electrons. The third kappa shape index (κ3) is 6.22. The number of nitrogens with one attached hydrogen (secondary N) is 1. The zero-order valence-electron chi connectivity index (χ0n) is 19.7. The number of nitrogens with zero attached hydrogens (tertiary/aromatic N) is 2. The van der Waals surface area contributed by atoms with Gasteiger partial charge in [-0.05, 0) is 68.0 Å². The number of carbonyl (C=O) groups is 1. The molecule has 170 valence electrons. The molecule has 1 heterocycles. The summed E-state index contributed by atoms with van der Waals surface area (Å²) in [6.07, 6.45) is 5.96. The maximum Gasteiger partial charge on any atom is 0.243 e. The van der Waals surface area contributed by atoms with Crippen molar-refractivity contribution in [2.75, 3.05) is 13.2 Å². The van der Waals surface area contributed by atoms with E-state index >= 15 is 0 Å². The van der Waals surface area contributed by atoms with Gasteiger partial charge in [0.05, 0.1) is 17.6 Å². The van der Waals surface area contributed by atoms with Crippen LogP contribution < -0.4 is 10.1 Å². The lowest BCUT2D eigenvalue weighted by molar-refractivity contribution is -0.116. The molecule has 0 aliphatic heterocycles. The molecule has 5 nitrogen and oxygen atoms in total. The molecule has 0 bridgehead atoms. The standard InChI is InChI=1S/C27H35N3O2/c1-5-10-27(31)28-16-15-26-29-23-11-6-7-12-24(23)30(26)17-8-9-18-32-25-19-21(4)13-14-22(25)20(2)3/h5-7,10-14,19-20H,8-9,15-18H2,1-4H3,(H,28,31)/b10-5+. The number of ether oxygens (including phenoxy) is 1. The zero-order chi connectivity index (χ0) is 22.9. The minimum atomic E-state index is -0.0655. The molecule has 1 N–H and O–H groups in total. The molecule has 1 amide bonds. The molecule has 0 spiro atoms. The average Bonchev–Trinajstić information content (AvgIpc) is 3.11. The molecule has 0 fully saturated rings. The van der Waals surface area contributed by atoms with E-state index in [1.165, 1.54) is 11.1 Å². The van der Waals surface area contributed by atoms with Crippen LogP contribution in [0.5, 0.6) is 5.75 Å². The van der Waals surface area contributed by atoms with Crippen LogP contribution in [0, 0.1) is 6.92 Å². The molecule has 0 aliphatic rings.